The summed E-state index contributed by atoms with van der Waals surface area (Å²) in [5.41, 5.74) is 0. The SMILES string of the molecule is CCc1cnc(C(C)Nc2nccnc2Cl)s1. The standard InChI is InChI=1S/C11H13ClN4S/c1-3-8-6-15-11(17-8)7(2)16-10-9(12)13-4-5-14-10/h4-7H,3H2,1-2H3,(H,14,16). The summed E-state index contributed by atoms with van der Waals surface area (Å²) in [4.78, 5) is 13.8. The zero-order valence-electron chi connectivity index (χ0n) is 9.64. The van der Waals surface area contributed by atoms with Crippen molar-refractivity contribution in [2.24, 2.45) is 0 Å². The Balaban J connectivity index is 2.11. The van der Waals surface area contributed by atoms with Crippen LogP contribution in [0.1, 0.15) is 29.8 Å². The van der Waals surface area contributed by atoms with Crippen molar-refractivity contribution in [1.82, 2.24) is 15.0 Å². The highest BCUT2D eigenvalue weighted by molar-refractivity contribution is 7.11. The van der Waals surface area contributed by atoms with Gasteiger partial charge in [-0.1, -0.05) is 18.5 Å². The number of hydrogen-bond donors (Lipinski definition) is 1. The van der Waals surface area contributed by atoms with Crippen LogP contribution in [0.15, 0.2) is 18.6 Å². The fourth-order valence-corrected chi connectivity index (χ4v) is 2.39. The van der Waals surface area contributed by atoms with Gasteiger partial charge in [-0.05, 0) is 13.3 Å². The van der Waals surface area contributed by atoms with E-state index in [1.807, 2.05) is 13.1 Å². The molecule has 4 nitrogen and oxygen atoms in total. The summed E-state index contributed by atoms with van der Waals surface area (Å²) in [6.45, 7) is 4.15. The van der Waals surface area contributed by atoms with Gasteiger partial charge in [0.25, 0.3) is 0 Å². The lowest BCUT2D eigenvalue weighted by atomic mass is 10.3. The molecular weight excluding hydrogens is 256 g/mol. The first-order valence-corrected chi connectivity index (χ1v) is 6.57. The van der Waals surface area contributed by atoms with Gasteiger partial charge in [-0.2, -0.15) is 0 Å². The van der Waals surface area contributed by atoms with E-state index < -0.39 is 0 Å². The van der Waals surface area contributed by atoms with Crippen molar-refractivity contribution in [3.05, 3.63) is 33.6 Å². The fraction of sp³-hybridized carbons (Fsp3) is 0.364. The molecule has 0 saturated carbocycles. The monoisotopic (exact) mass is 268 g/mol. The molecule has 0 aliphatic carbocycles. The van der Waals surface area contributed by atoms with Crippen LogP contribution in [0.3, 0.4) is 0 Å². The Morgan fingerprint density at radius 1 is 1.35 bits per heavy atom. The molecule has 17 heavy (non-hydrogen) atoms. The summed E-state index contributed by atoms with van der Waals surface area (Å²) in [5, 5.41) is 4.62. The third kappa shape index (κ3) is 2.92. The largest absolute Gasteiger partial charge is 0.359 e. The van der Waals surface area contributed by atoms with Gasteiger partial charge in [0.2, 0.25) is 0 Å². The molecule has 1 unspecified atom stereocenters. The van der Waals surface area contributed by atoms with Crippen molar-refractivity contribution in [3.63, 3.8) is 0 Å². The van der Waals surface area contributed by atoms with Crippen LogP contribution in [0.4, 0.5) is 5.82 Å². The van der Waals surface area contributed by atoms with E-state index >= 15 is 0 Å². The summed E-state index contributed by atoms with van der Waals surface area (Å²) in [7, 11) is 0. The van der Waals surface area contributed by atoms with Gasteiger partial charge in [0.15, 0.2) is 11.0 Å². The molecule has 0 amide bonds. The second kappa shape index (κ2) is 5.42. The first-order chi connectivity index (χ1) is 8.20. The normalized spacial score (nSPS) is 12.4. The highest BCUT2D eigenvalue weighted by Gasteiger charge is 2.12. The summed E-state index contributed by atoms with van der Waals surface area (Å²) in [6, 6.07) is 0.0782. The van der Waals surface area contributed by atoms with E-state index in [0.717, 1.165) is 11.4 Å². The average Bonchev–Trinajstić information content (AvgIpc) is 2.81. The Hall–Kier alpha value is -1.20. The average molecular weight is 269 g/mol. The first-order valence-electron chi connectivity index (χ1n) is 5.38. The molecule has 0 aliphatic heterocycles. The van der Waals surface area contributed by atoms with E-state index in [1.54, 1.807) is 23.7 Å². The van der Waals surface area contributed by atoms with Gasteiger partial charge in [0.05, 0.1) is 6.04 Å². The number of nitrogens with one attached hydrogen (secondary N) is 1. The molecular formula is C11H13ClN4S. The minimum atomic E-state index is 0.0782. The molecule has 90 valence electrons. The van der Waals surface area contributed by atoms with E-state index in [4.69, 9.17) is 11.6 Å². The van der Waals surface area contributed by atoms with Crippen molar-refractivity contribution in [2.75, 3.05) is 5.32 Å². The highest BCUT2D eigenvalue weighted by atomic mass is 35.5. The summed E-state index contributed by atoms with van der Waals surface area (Å²) in [6.07, 6.45) is 6.10. The highest BCUT2D eigenvalue weighted by Crippen LogP contribution is 2.25. The molecule has 2 heterocycles. The molecule has 0 saturated heterocycles. The molecule has 2 aromatic rings. The molecule has 1 atom stereocenters. The van der Waals surface area contributed by atoms with Crippen LogP contribution in [-0.2, 0) is 6.42 Å². The van der Waals surface area contributed by atoms with Crippen molar-refractivity contribution >= 4 is 28.8 Å². The predicted octanol–water partition coefficient (Wildman–Crippen LogP) is 3.32. The molecule has 2 aromatic heterocycles. The number of nitrogens with zero attached hydrogens (tertiary/aromatic N) is 3. The number of aromatic nitrogens is 3. The summed E-state index contributed by atoms with van der Waals surface area (Å²) < 4.78 is 0. The number of hydrogen-bond acceptors (Lipinski definition) is 5. The van der Waals surface area contributed by atoms with Gasteiger partial charge < -0.3 is 5.32 Å². The second-order valence-corrected chi connectivity index (χ2v) is 5.08. The molecule has 0 radical (unpaired) electrons. The summed E-state index contributed by atoms with van der Waals surface area (Å²) >= 11 is 7.64. The molecule has 0 fully saturated rings. The molecule has 2 rings (SSSR count). The second-order valence-electron chi connectivity index (χ2n) is 3.58. The quantitative estimate of drug-likeness (QED) is 0.924. The maximum Gasteiger partial charge on any atom is 0.171 e. The van der Waals surface area contributed by atoms with E-state index in [9.17, 15) is 0 Å². The molecule has 0 bridgehead atoms. The van der Waals surface area contributed by atoms with Gasteiger partial charge in [-0.15, -0.1) is 11.3 Å². The molecule has 0 aliphatic rings. The predicted molar refractivity (Wildman–Crippen MR) is 70.6 cm³/mol. The lowest BCUT2D eigenvalue weighted by Gasteiger charge is -2.11. The van der Waals surface area contributed by atoms with Crippen LogP contribution < -0.4 is 5.32 Å². The number of halogens is 1. The van der Waals surface area contributed by atoms with Crippen LogP contribution in [0.5, 0.6) is 0 Å². The van der Waals surface area contributed by atoms with Gasteiger partial charge in [0.1, 0.15) is 5.01 Å². The van der Waals surface area contributed by atoms with Crippen LogP contribution >= 0.6 is 22.9 Å². The lowest BCUT2D eigenvalue weighted by molar-refractivity contribution is 0.858. The van der Waals surface area contributed by atoms with Crippen molar-refractivity contribution < 1.29 is 0 Å². The number of thiazole rings is 1. The van der Waals surface area contributed by atoms with Crippen molar-refractivity contribution in [1.29, 1.82) is 0 Å². The topological polar surface area (TPSA) is 50.7 Å². The van der Waals surface area contributed by atoms with E-state index in [1.165, 1.54) is 4.88 Å². The van der Waals surface area contributed by atoms with Gasteiger partial charge in [-0.3, -0.25) is 0 Å². The Morgan fingerprint density at radius 2 is 2.12 bits per heavy atom. The Kier molecular flexibility index (Phi) is 3.91. The van der Waals surface area contributed by atoms with E-state index in [0.29, 0.717) is 11.0 Å². The Morgan fingerprint density at radius 3 is 2.76 bits per heavy atom. The fourth-order valence-electron chi connectivity index (χ4n) is 1.37. The number of anilines is 1. The van der Waals surface area contributed by atoms with Crippen LogP contribution in [0, 0.1) is 0 Å². The zero-order chi connectivity index (χ0) is 12.3. The molecule has 0 spiro atoms. The summed E-state index contributed by atoms with van der Waals surface area (Å²) in [5.74, 6) is 0.593. The Labute approximate surface area is 109 Å². The minimum Gasteiger partial charge on any atom is -0.359 e. The zero-order valence-corrected chi connectivity index (χ0v) is 11.2. The van der Waals surface area contributed by atoms with Gasteiger partial charge in [0, 0.05) is 23.5 Å². The molecule has 0 aromatic carbocycles. The maximum atomic E-state index is 5.94. The number of rotatable bonds is 4. The van der Waals surface area contributed by atoms with E-state index in [2.05, 4.69) is 27.2 Å². The third-order valence-electron chi connectivity index (χ3n) is 2.30. The van der Waals surface area contributed by atoms with Gasteiger partial charge >= 0.3 is 0 Å². The molecule has 6 heteroatoms. The van der Waals surface area contributed by atoms with Crippen LogP contribution in [0.25, 0.3) is 0 Å². The maximum absolute atomic E-state index is 5.94. The lowest BCUT2D eigenvalue weighted by Crippen LogP contribution is -2.08. The van der Waals surface area contributed by atoms with E-state index in [-0.39, 0.29) is 6.04 Å². The molecule has 1 N–H and O–H groups in total. The number of aryl methyl sites for hydroxylation is 1. The van der Waals surface area contributed by atoms with Crippen LogP contribution in [0.2, 0.25) is 5.15 Å². The van der Waals surface area contributed by atoms with Crippen LogP contribution in [-0.4, -0.2) is 15.0 Å². The van der Waals surface area contributed by atoms with Crippen molar-refractivity contribution in [2.45, 2.75) is 26.3 Å². The van der Waals surface area contributed by atoms with Crippen molar-refractivity contribution in [3.8, 4) is 0 Å². The first kappa shape index (κ1) is 12.3. The Bertz CT molecular complexity index is 500. The minimum absolute atomic E-state index is 0.0782. The third-order valence-corrected chi connectivity index (χ3v) is 3.90. The smallest absolute Gasteiger partial charge is 0.171 e. The van der Waals surface area contributed by atoms with Gasteiger partial charge in [-0.25, -0.2) is 15.0 Å².